The second kappa shape index (κ2) is 5.35. The molecule has 0 spiro atoms. The molecule has 3 N–H and O–H groups in total. The summed E-state index contributed by atoms with van der Waals surface area (Å²) in [5.74, 6) is -0.982. The molecule has 0 aliphatic rings. The van der Waals surface area contributed by atoms with Gasteiger partial charge in [-0.25, -0.2) is 4.79 Å². The minimum atomic E-state index is -0.982. The van der Waals surface area contributed by atoms with Gasteiger partial charge in [-0.1, -0.05) is 24.3 Å². The summed E-state index contributed by atoms with van der Waals surface area (Å²) in [7, 11) is 0. The van der Waals surface area contributed by atoms with Crippen LogP contribution in [-0.4, -0.2) is 16.8 Å². The summed E-state index contributed by atoms with van der Waals surface area (Å²) in [5, 5.41) is 9.10. The van der Waals surface area contributed by atoms with Gasteiger partial charge in [0.15, 0.2) is 0 Å². The number of carboxylic acids is 1. The zero-order valence-corrected chi connectivity index (χ0v) is 10.5. The van der Waals surface area contributed by atoms with Crippen molar-refractivity contribution in [1.82, 2.24) is 0 Å². The molecule has 0 aliphatic carbocycles. The summed E-state index contributed by atoms with van der Waals surface area (Å²) in [6.45, 7) is 1.84. The summed E-state index contributed by atoms with van der Waals surface area (Å²) in [6.07, 6.45) is 0. The number of rotatable bonds is 3. The molecule has 0 saturated heterocycles. The Morgan fingerprint density at radius 2 is 1.74 bits per heavy atom. The van der Waals surface area contributed by atoms with E-state index in [4.69, 9.17) is 10.8 Å². The van der Waals surface area contributed by atoms with Gasteiger partial charge in [0.25, 0.3) is 0 Å². The van der Waals surface area contributed by atoms with Gasteiger partial charge in [-0.2, -0.15) is 0 Å². The van der Waals surface area contributed by atoms with Crippen molar-refractivity contribution >= 4 is 23.1 Å². The number of hydrogen-bond acceptors (Lipinski definition) is 3. The van der Waals surface area contributed by atoms with Crippen LogP contribution in [0.4, 0.5) is 11.4 Å². The van der Waals surface area contributed by atoms with Crippen LogP contribution in [0.5, 0.6) is 0 Å². The summed E-state index contributed by atoms with van der Waals surface area (Å²) >= 11 is 0. The Morgan fingerprint density at radius 3 is 2.37 bits per heavy atom. The lowest BCUT2D eigenvalue weighted by Crippen LogP contribution is -1.99. The Labute approximate surface area is 111 Å². The first-order valence-corrected chi connectivity index (χ1v) is 5.81. The van der Waals surface area contributed by atoms with Crippen LogP contribution >= 0.6 is 0 Å². The number of aromatic carboxylic acids is 1. The Hall–Kier alpha value is -2.62. The van der Waals surface area contributed by atoms with Gasteiger partial charge < -0.3 is 10.8 Å². The normalized spacial score (nSPS) is 11.3. The SMILES string of the molecule is CC(=Nc1ccccc1C(=O)O)c1ccc(N)cc1. The van der Waals surface area contributed by atoms with Crippen molar-refractivity contribution < 1.29 is 9.90 Å². The lowest BCUT2D eigenvalue weighted by Gasteiger charge is -2.04. The van der Waals surface area contributed by atoms with Crippen LogP contribution < -0.4 is 5.73 Å². The first-order valence-electron chi connectivity index (χ1n) is 5.81. The molecule has 0 unspecified atom stereocenters. The standard InChI is InChI=1S/C15H14N2O2/c1-10(11-6-8-12(16)9-7-11)17-14-5-3-2-4-13(14)15(18)19/h2-9H,16H2,1H3,(H,18,19). The molecule has 19 heavy (non-hydrogen) atoms. The minimum absolute atomic E-state index is 0.192. The van der Waals surface area contributed by atoms with Gasteiger partial charge in [-0.3, -0.25) is 4.99 Å². The van der Waals surface area contributed by atoms with E-state index in [1.807, 2.05) is 19.1 Å². The number of carboxylic acid groups (broad SMARTS) is 1. The molecule has 2 aromatic carbocycles. The molecule has 0 atom stereocenters. The largest absolute Gasteiger partial charge is 0.478 e. The van der Waals surface area contributed by atoms with Crippen LogP contribution in [0.2, 0.25) is 0 Å². The van der Waals surface area contributed by atoms with Gasteiger partial charge >= 0.3 is 5.97 Å². The van der Waals surface area contributed by atoms with E-state index in [0.29, 0.717) is 11.4 Å². The third-order valence-corrected chi connectivity index (χ3v) is 2.75. The van der Waals surface area contributed by atoms with Gasteiger partial charge in [0.2, 0.25) is 0 Å². The minimum Gasteiger partial charge on any atom is -0.478 e. The van der Waals surface area contributed by atoms with Crippen molar-refractivity contribution in [1.29, 1.82) is 0 Å². The van der Waals surface area contributed by atoms with E-state index in [0.717, 1.165) is 11.3 Å². The maximum Gasteiger partial charge on any atom is 0.337 e. The maximum atomic E-state index is 11.1. The highest BCUT2D eigenvalue weighted by molar-refractivity contribution is 6.02. The van der Waals surface area contributed by atoms with Crippen molar-refractivity contribution in [2.75, 3.05) is 5.73 Å². The van der Waals surface area contributed by atoms with E-state index in [1.165, 1.54) is 6.07 Å². The molecule has 0 radical (unpaired) electrons. The molecule has 2 aromatic rings. The summed E-state index contributed by atoms with van der Waals surface area (Å²) < 4.78 is 0. The number of nitrogens with two attached hydrogens (primary N) is 1. The molecular weight excluding hydrogens is 240 g/mol. The average molecular weight is 254 g/mol. The average Bonchev–Trinajstić information content (AvgIpc) is 2.39. The van der Waals surface area contributed by atoms with E-state index in [1.54, 1.807) is 30.3 Å². The maximum absolute atomic E-state index is 11.1. The molecule has 0 bridgehead atoms. The quantitative estimate of drug-likeness (QED) is 0.652. The number of aliphatic imine (C=N–C) groups is 1. The number of carbonyl (C=O) groups is 1. The van der Waals surface area contributed by atoms with Crippen LogP contribution in [0, 0.1) is 0 Å². The fourth-order valence-electron chi connectivity index (χ4n) is 1.72. The van der Waals surface area contributed by atoms with Crippen LogP contribution in [0.15, 0.2) is 53.5 Å². The van der Waals surface area contributed by atoms with Crippen LogP contribution in [0.3, 0.4) is 0 Å². The highest BCUT2D eigenvalue weighted by atomic mass is 16.4. The Morgan fingerprint density at radius 1 is 1.11 bits per heavy atom. The number of hydrogen-bond donors (Lipinski definition) is 2. The fraction of sp³-hybridized carbons (Fsp3) is 0.0667. The van der Waals surface area contributed by atoms with Crippen molar-refractivity contribution in [3.05, 3.63) is 59.7 Å². The number of benzene rings is 2. The van der Waals surface area contributed by atoms with Crippen molar-refractivity contribution in [3.8, 4) is 0 Å². The van der Waals surface area contributed by atoms with Crippen molar-refractivity contribution in [2.24, 2.45) is 4.99 Å². The van der Waals surface area contributed by atoms with E-state index in [9.17, 15) is 4.79 Å². The van der Waals surface area contributed by atoms with E-state index in [-0.39, 0.29) is 5.56 Å². The van der Waals surface area contributed by atoms with E-state index >= 15 is 0 Å². The molecule has 0 aromatic heterocycles. The number of anilines is 1. The second-order valence-electron chi connectivity index (χ2n) is 4.14. The third-order valence-electron chi connectivity index (χ3n) is 2.75. The molecule has 0 fully saturated rings. The van der Waals surface area contributed by atoms with E-state index < -0.39 is 5.97 Å². The molecule has 0 saturated carbocycles. The predicted octanol–water partition coefficient (Wildman–Crippen LogP) is 3.11. The fourth-order valence-corrected chi connectivity index (χ4v) is 1.72. The third kappa shape index (κ3) is 2.98. The number of para-hydroxylation sites is 1. The summed E-state index contributed by atoms with van der Waals surface area (Å²) in [6, 6.07) is 14.0. The van der Waals surface area contributed by atoms with E-state index in [2.05, 4.69) is 4.99 Å². The van der Waals surface area contributed by atoms with Crippen LogP contribution in [0.25, 0.3) is 0 Å². The van der Waals surface area contributed by atoms with Crippen LogP contribution in [0.1, 0.15) is 22.8 Å². The molecule has 0 heterocycles. The first kappa shape index (κ1) is 12.8. The molecule has 0 aliphatic heterocycles. The number of nitrogens with zero attached hydrogens (tertiary/aromatic N) is 1. The number of nitrogen functional groups attached to an aromatic ring is 1. The van der Waals surface area contributed by atoms with Gasteiger partial charge in [-0.05, 0) is 36.8 Å². The summed E-state index contributed by atoms with van der Waals surface area (Å²) in [5.41, 5.74) is 8.60. The monoisotopic (exact) mass is 254 g/mol. The first-order chi connectivity index (χ1) is 9.08. The van der Waals surface area contributed by atoms with Crippen molar-refractivity contribution in [3.63, 3.8) is 0 Å². The van der Waals surface area contributed by atoms with Crippen molar-refractivity contribution in [2.45, 2.75) is 6.92 Å². The lowest BCUT2D eigenvalue weighted by molar-refractivity contribution is 0.0698. The zero-order valence-electron chi connectivity index (χ0n) is 10.5. The lowest BCUT2D eigenvalue weighted by atomic mass is 10.1. The molecule has 4 heteroatoms. The van der Waals surface area contributed by atoms with Gasteiger partial charge in [0.05, 0.1) is 11.3 Å². The van der Waals surface area contributed by atoms with Crippen LogP contribution in [-0.2, 0) is 0 Å². The predicted molar refractivity (Wildman–Crippen MR) is 76.1 cm³/mol. The van der Waals surface area contributed by atoms with Gasteiger partial charge in [0.1, 0.15) is 0 Å². The smallest absolute Gasteiger partial charge is 0.337 e. The van der Waals surface area contributed by atoms with Gasteiger partial charge in [0, 0.05) is 11.4 Å². The second-order valence-corrected chi connectivity index (χ2v) is 4.14. The topological polar surface area (TPSA) is 75.7 Å². The molecule has 4 nitrogen and oxygen atoms in total. The molecule has 0 amide bonds. The molecule has 2 rings (SSSR count). The zero-order chi connectivity index (χ0) is 13.8. The Kier molecular flexibility index (Phi) is 3.61. The highest BCUT2D eigenvalue weighted by Gasteiger charge is 2.08. The highest BCUT2D eigenvalue weighted by Crippen LogP contribution is 2.20. The van der Waals surface area contributed by atoms with Gasteiger partial charge in [-0.15, -0.1) is 0 Å². The summed E-state index contributed by atoms with van der Waals surface area (Å²) in [4.78, 5) is 15.5. The Balaban J connectivity index is 2.41. The molecule has 96 valence electrons. The molecular formula is C15H14N2O2. The Bertz CT molecular complexity index is 631.